The first kappa shape index (κ1) is 21.1. The molecule has 0 radical (unpaired) electrons. The van der Waals surface area contributed by atoms with E-state index in [9.17, 15) is 4.79 Å². The number of fused-ring (bicyclic) bond motifs is 1. The maximum atomic E-state index is 12.5. The minimum absolute atomic E-state index is 0.115. The monoisotopic (exact) mass is 480 g/mol. The highest BCUT2D eigenvalue weighted by Gasteiger charge is 2.18. The number of nitrogens with one attached hydrogen (secondary N) is 2. The Labute approximate surface area is 182 Å². The molecule has 1 amide bonds. The molecule has 0 aliphatic rings. The van der Waals surface area contributed by atoms with E-state index >= 15 is 0 Å². The Balaban J connectivity index is 1.75. The number of aromatic amines is 1. The van der Waals surface area contributed by atoms with Crippen LogP contribution in [0.25, 0.3) is 10.9 Å². The number of ether oxygens (including phenoxy) is 1. The third kappa shape index (κ3) is 4.50. The van der Waals surface area contributed by atoms with Gasteiger partial charge in [0.2, 0.25) is 0 Å². The summed E-state index contributed by atoms with van der Waals surface area (Å²) >= 11 is 11.1. The second-order valence-electron chi connectivity index (χ2n) is 6.60. The van der Waals surface area contributed by atoms with E-state index in [0.29, 0.717) is 12.3 Å². The van der Waals surface area contributed by atoms with Gasteiger partial charge in [-0.3, -0.25) is 9.52 Å². The minimum Gasteiger partial charge on any atom is -0.494 e. The molecule has 0 bridgehead atoms. The number of aromatic nitrogens is 1. The SMILES string of the molecule is CSNC(=O)c1[nH]c2c(Br)cccc2c1CCCOc1cc(C)c(Cl)c(C)c1. The highest BCUT2D eigenvalue weighted by molar-refractivity contribution is 9.10. The Bertz CT molecular complexity index is 996. The molecule has 4 nitrogen and oxygen atoms in total. The van der Waals surface area contributed by atoms with Crippen molar-refractivity contribution in [3.05, 3.63) is 62.2 Å². The number of amides is 1. The van der Waals surface area contributed by atoms with E-state index in [2.05, 4.69) is 25.6 Å². The molecular weight excluding hydrogens is 460 g/mol. The van der Waals surface area contributed by atoms with Gasteiger partial charge in [-0.25, -0.2) is 0 Å². The molecule has 2 N–H and O–H groups in total. The first-order valence-electron chi connectivity index (χ1n) is 8.94. The standard InChI is InChI=1S/C21H22BrClN2O2S/c1-12-10-14(11-13(2)18(12)23)27-9-5-7-16-15-6-4-8-17(22)19(15)24-20(16)21(26)25-28-3/h4,6,8,10-11,24H,5,7,9H2,1-3H3,(H,25,26). The lowest BCUT2D eigenvalue weighted by Gasteiger charge is -2.10. The predicted octanol–water partition coefficient (Wildman–Crippen LogP) is 6.22. The van der Waals surface area contributed by atoms with Crippen LogP contribution in [0, 0.1) is 13.8 Å². The minimum atomic E-state index is -0.115. The summed E-state index contributed by atoms with van der Waals surface area (Å²) in [5.74, 6) is 0.705. The van der Waals surface area contributed by atoms with Crippen LogP contribution in [0.2, 0.25) is 5.02 Å². The Morgan fingerprint density at radius 1 is 1.29 bits per heavy atom. The number of aryl methyl sites for hydroxylation is 3. The van der Waals surface area contributed by atoms with Crippen molar-refractivity contribution in [2.24, 2.45) is 0 Å². The first-order chi connectivity index (χ1) is 13.4. The van der Waals surface area contributed by atoms with Crippen molar-refractivity contribution >= 4 is 56.3 Å². The normalized spacial score (nSPS) is 11.0. The van der Waals surface area contributed by atoms with Crippen molar-refractivity contribution in [1.82, 2.24) is 9.71 Å². The van der Waals surface area contributed by atoms with E-state index in [-0.39, 0.29) is 5.91 Å². The van der Waals surface area contributed by atoms with E-state index < -0.39 is 0 Å². The number of carbonyl (C=O) groups excluding carboxylic acids is 1. The predicted molar refractivity (Wildman–Crippen MR) is 122 cm³/mol. The zero-order valence-electron chi connectivity index (χ0n) is 16.0. The fourth-order valence-electron chi connectivity index (χ4n) is 3.26. The van der Waals surface area contributed by atoms with Crippen molar-refractivity contribution in [3.63, 3.8) is 0 Å². The number of hydrogen-bond donors (Lipinski definition) is 2. The zero-order valence-corrected chi connectivity index (χ0v) is 19.1. The summed E-state index contributed by atoms with van der Waals surface area (Å²) in [7, 11) is 0. The molecule has 0 saturated heterocycles. The van der Waals surface area contributed by atoms with Gasteiger partial charge in [0, 0.05) is 21.1 Å². The van der Waals surface area contributed by atoms with Crippen LogP contribution in [-0.4, -0.2) is 23.8 Å². The van der Waals surface area contributed by atoms with Gasteiger partial charge in [0.15, 0.2) is 0 Å². The summed E-state index contributed by atoms with van der Waals surface area (Å²) in [5, 5.41) is 1.83. The highest BCUT2D eigenvalue weighted by Crippen LogP contribution is 2.30. The lowest BCUT2D eigenvalue weighted by atomic mass is 10.1. The summed E-state index contributed by atoms with van der Waals surface area (Å²) in [4.78, 5) is 15.8. The Morgan fingerprint density at radius 3 is 2.68 bits per heavy atom. The zero-order chi connectivity index (χ0) is 20.3. The van der Waals surface area contributed by atoms with Crippen molar-refractivity contribution in [1.29, 1.82) is 0 Å². The molecule has 0 aliphatic heterocycles. The van der Waals surface area contributed by atoms with Crippen LogP contribution in [0.1, 0.15) is 33.6 Å². The molecule has 3 aromatic rings. The molecule has 0 saturated carbocycles. The maximum absolute atomic E-state index is 12.5. The molecule has 1 heterocycles. The van der Waals surface area contributed by atoms with E-state index in [1.807, 2.05) is 50.4 Å². The number of H-pyrrole nitrogens is 1. The molecule has 1 aromatic heterocycles. The topological polar surface area (TPSA) is 54.1 Å². The number of carbonyl (C=O) groups is 1. The van der Waals surface area contributed by atoms with Crippen LogP contribution < -0.4 is 9.46 Å². The smallest absolute Gasteiger partial charge is 0.277 e. The van der Waals surface area contributed by atoms with Crippen LogP contribution >= 0.6 is 39.5 Å². The van der Waals surface area contributed by atoms with Crippen LogP contribution in [0.15, 0.2) is 34.8 Å². The molecule has 2 aromatic carbocycles. The molecule has 28 heavy (non-hydrogen) atoms. The second kappa shape index (κ2) is 9.25. The third-order valence-electron chi connectivity index (χ3n) is 4.56. The lowest BCUT2D eigenvalue weighted by molar-refractivity contribution is 0.0979. The van der Waals surface area contributed by atoms with Gasteiger partial charge in [-0.15, -0.1) is 0 Å². The number of hydrogen-bond acceptors (Lipinski definition) is 3. The van der Waals surface area contributed by atoms with Crippen LogP contribution in [-0.2, 0) is 6.42 Å². The van der Waals surface area contributed by atoms with Crippen LogP contribution in [0.4, 0.5) is 0 Å². The third-order valence-corrected chi connectivity index (χ3v) is 6.21. The van der Waals surface area contributed by atoms with E-state index in [1.54, 1.807) is 0 Å². The summed E-state index contributed by atoms with van der Waals surface area (Å²) in [6.45, 7) is 4.51. The number of halogens is 2. The van der Waals surface area contributed by atoms with E-state index in [0.717, 1.165) is 55.7 Å². The molecule has 3 rings (SSSR count). The van der Waals surface area contributed by atoms with Crippen LogP contribution in [0.3, 0.4) is 0 Å². The first-order valence-corrected chi connectivity index (χ1v) is 11.3. The molecule has 0 aliphatic carbocycles. The lowest BCUT2D eigenvalue weighted by Crippen LogP contribution is -2.17. The molecule has 0 fully saturated rings. The second-order valence-corrected chi connectivity index (χ2v) is 8.44. The van der Waals surface area contributed by atoms with Crippen molar-refractivity contribution < 1.29 is 9.53 Å². The van der Waals surface area contributed by atoms with Crippen molar-refractivity contribution in [2.75, 3.05) is 12.9 Å². The van der Waals surface area contributed by atoms with E-state index in [4.69, 9.17) is 16.3 Å². The van der Waals surface area contributed by atoms with Crippen molar-refractivity contribution in [2.45, 2.75) is 26.7 Å². The average Bonchev–Trinajstić information content (AvgIpc) is 3.03. The number of benzene rings is 2. The molecule has 148 valence electrons. The molecule has 7 heteroatoms. The van der Waals surface area contributed by atoms with Crippen molar-refractivity contribution in [3.8, 4) is 5.75 Å². The van der Waals surface area contributed by atoms with Gasteiger partial charge in [0.1, 0.15) is 11.4 Å². The van der Waals surface area contributed by atoms with Gasteiger partial charge in [-0.2, -0.15) is 0 Å². The molecule has 0 unspecified atom stereocenters. The summed E-state index contributed by atoms with van der Waals surface area (Å²) in [6, 6.07) is 9.89. The molecular formula is C21H22BrClN2O2S. The fourth-order valence-corrected chi connectivity index (χ4v) is 4.13. The largest absolute Gasteiger partial charge is 0.494 e. The number of para-hydroxylation sites is 1. The van der Waals surface area contributed by atoms with Gasteiger partial charge in [-0.1, -0.05) is 35.7 Å². The Kier molecular flexibility index (Phi) is 6.96. The van der Waals surface area contributed by atoms with Gasteiger partial charge < -0.3 is 9.72 Å². The van der Waals surface area contributed by atoms with E-state index in [1.165, 1.54) is 11.9 Å². The summed E-state index contributed by atoms with van der Waals surface area (Å²) in [6.07, 6.45) is 3.36. The van der Waals surface area contributed by atoms with Crippen LogP contribution in [0.5, 0.6) is 5.75 Å². The summed E-state index contributed by atoms with van der Waals surface area (Å²) in [5.41, 5.74) is 4.57. The Hall–Kier alpha value is -1.63. The maximum Gasteiger partial charge on any atom is 0.277 e. The van der Waals surface area contributed by atoms with Gasteiger partial charge in [-0.05, 0) is 77.5 Å². The Morgan fingerprint density at radius 2 is 2.00 bits per heavy atom. The molecule has 0 atom stereocenters. The van der Waals surface area contributed by atoms with Gasteiger partial charge in [0.05, 0.1) is 12.1 Å². The average molecular weight is 482 g/mol. The fraction of sp³-hybridized carbons (Fsp3) is 0.286. The quantitative estimate of drug-likeness (QED) is 0.311. The van der Waals surface area contributed by atoms with Gasteiger partial charge >= 0.3 is 0 Å². The molecule has 0 spiro atoms. The highest BCUT2D eigenvalue weighted by atomic mass is 79.9. The summed E-state index contributed by atoms with van der Waals surface area (Å²) < 4.78 is 9.67. The van der Waals surface area contributed by atoms with Gasteiger partial charge in [0.25, 0.3) is 5.91 Å². The number of rotatable bonds is 7.